The number of carbonyl (C=O) groups is 1. The minimum atomic E-state index is -0.545. The second-order valence-corrected chi connectivity index (χ2v) is 9.89. The van der Waals surface area contributed by atoms with E-state index in [1.165, 1.54) is 17.4 Å². The van der Waals surface area contributed by atoms with Crippen LogP contribution in [0.25, 0.3) is 6.08 Å². The van der Waals surface area contributed by atoms with E-state index in [2.05, 4.69) is 29.4 Å². The number of hydrogen-bond donors (Lipinski definition) is 1. The lowest BCUT2D eigenvalue weighted by Gasteiger charge is -2.14. The van der Waals surface area contributed by atoms with Crippen LogP contribution in [0.4, 0.5) is 5.13 Å². The number of nitrogens with zero attached hydrogens (tertiary/aromatic N) is 3. The molecule has 1 heterocycles. The molecule has 9 heteroatoms. The predicted molar refractivity (Wildman–Crippen MR) is 145 cm³/mol. The van der Waals surface area contributed by atoms with Crippen molar-refractivity contribution in [3.05, 3.63) is 63.7 Å². The Labute approximate surface area is 221 Å². The van der Waals surface area contributed by atoms with Crippen LogP contribution in [0.3, 0.4) is 0 Å². The fraction of sp³-hybridized carbons (Fsp3) is 0.357. The van der Waals surface area contributed by atoms with Gasteiger partial charge in [0.2, 0.25) is 5.13 Å². The molecule has 2 aromatic carbocycles. The van der Waals surface area contributed by atoms with Crippen LogP contribution >= 0.6 is 11.3 Å². The van der Waals surface area contributed by atoms with Gasteiger partial charge in [-0.15, -0.1) is 10.2 Å². The first-order valence-corrected chi connectivity index (χ1v) is 13.0. The first-order valence-electron chi connectivity index (χ1n) is 12.1. The summed E-state index contributed by atoms with van der Waals surface area (Å²) in [5, 5.41) is 21.5. The van der Waals surface area contributed by atoms with Crippen LogP contribution in [-0.4, -0.2) is 35.9 Å². The van der Waals surface area contributed by atoms with Gasteiger partial charge in [0, 0.05) is 6.42 Å². The van der Waals surface area contributed by atoms with E-state index in [0.29, 0.717) is 47.9 Å². The van der Waals surface area contributed by atoms with Crippen molar-refractivity contribution in [3.8, 4) is 23.3 Å². The number of nitrogens with one attached hydrogen (secondary N) is 1. The van der Waals surface area contributed by atoms with Crippen molar-refractivity contribution >= 4 is 28.5 Å². The zero-order valence-corrected chi connectivity index (χ0v) is 22.6. The number of amides is 1. The van der Waals surface area contributed by atoms with Gasteiger partial charge in [-0.25, -0.2) is 0 Å². The molecule has 3 aromatic rings. The molecule has 0 bridgehead atoms. The lowest BCUT2D eigenvalue weighted by Crippen LogP contribution is -2.13. The molecule has 0 aliphatic rings. The van der Waals surface area contributed by atoms with Crippen LogP contribution in [-0.2, 0) is 11.2 Å². The minimum absolute atomic E-state index is 0.0568. The van der Waals surface area contributed by atoms with Gasteiger partial charge >= 0.3 is 0 Å². The molecule has 0 aliphatic carbocycles. The molecule has 0 spiro atoms. The summed E-state index contributed by atoms with van der Waals surface area (Å²) < 4.78 is 17.5. The van der Waals surface area contributed by atoms with Crippen molar-refractivity contribution in [2.24, 2.45) is 5.92 Å². The van der Waals surface area contributed by atoms with Gasteiger partial charge in [0.25, 0.3) is 5.91 Å². The van der Waals surface area contributed by atoms with E-state index in [9.17, 15) is 10.1 Å². The summed E-state index contributed by atoms with van der Waals surface area (Å²) in [5.41, 5.74) is 2.77. The van der Waals surface area contributed by atoms with Gasteiger partial charge in [0.15, 0.2) is 11.5 Å². The van der Waals surface area contributed by atoms with Crippen molar-refractivity contribution in [1.82, 2.24) is 10.2 Å². The summed E-state index contributed by atoms with van der Waals surface area (Å²) in [6, 6.07) is 13.3. The molecule has 0 unspecified atom stereocenters. The maximum Gasteiger partial charge on any atom is 0.268 e. The molecule has 37 heavy (non-hydrogen) atoms. The number of benzene rings is 2. The minimum Gasteiger partial charge on any atom is -0.490 e. The Balaban J connectivity index is 1.65. The third kappa shape index (κ3) is 8.33. The number of hydrogen-bond acceptors (Lipinski definition) is 8. The maximum atomic E-state index is 12.7. The Morgan fingerprint density at radius 3 is 2.51 bits per heavy atom. The molecular weight excluding hydrogens is 488 g/mol. The average molecular weight is 521 g/mol. The number of ether oxygens (including phenoxy) is 3. The normalized spacial score (nSPS) is 11.2. The van der Waals surface area contributed by atoms with Crippen molar-refractivity contribution in [1.29, 1.82) is 5.26 Å². The van der Waals surface area contributed by atoms with Crippen LogP contribution in [0, 0.1) is 31.1 Å². The molecule has 0 aliphatic heterocycles. The van der Waals surface area contributed by atoms with Crippen molar-refractivity contribution < 1.29 is 19.0 Å². The van der Waals surface area contributed by atoms with Gasteiger partial charge < -0.3 is 14.2 Å². The molecule has 1 N–H and O–H groups in total. The zero-order valence-electron chi connectivity index (χ0n) is 21.8. The monoisotopic (exact) mass is 520 g/mol. The summed E-state index contributed by atoms with van der Waals surface area (Å²) in [4.78, 5) is 12.7. The smallest absolute Gasteiger partial charge is 0.268 e. The summed E-state index contributed by atoms with van der Waals surface area (Å²) in [7, 11) is 0. The van der Waals surface area contributed by atoms with E-state index in [1.54, 1.807) is 18.2 Å². The third-order valence-electron chi connectivity index (χ3n) is 5.16. The molecule has 0 radical (unpaired) electrons. The van der Waals surface area contributed by atoms with E-state index >= 15 is 0 Å². The fourth-order valence-corrected chi connectivity index (χ4v) is 4.33. The van der Waals surface area contributed by atoms with Crippen LogP contribution < -0.4 is 19.5 Å². The van der Waals surface area contributed by atoms with Crippen LogP contribution in [0.15, 0.2) is 42.0 Å². The molecule has 1 amide bonds. The van der Waals surface area contributed by atoms with Gasteiger partial charge in [0.1, 0.15) is 35.6 Å². The molecule has 3 rings (SSSR count). The highest BCUT2D eigenvalue weighted by Gasteiger charge is 2.14. The van der Waals surface area contributed by atoms with E-state index in [4.69, 9.17) is 14.2 Å². The highest BCUT2D eigenvalue weighted by Crippen LogP contribution is 2.30. The summed E-state index contributed by atoms with van der Waals surface area (Å²) in [6.45, 7) is 11.2. The number of carbonyl (C=O) groups excluding carboxylic acids is 1. The van der Waals surface area contributed by atoms with Crippen LogP contribution in [0.2, 0.25) is 0 Å². The largest absolute Gasteiger partial charge is 0.490 e. The average Bonchev–Trinajstić information content (AvgIpc) is 3.29. The van der Waals surface area contributed by atoms with Crippen LogP contribution in [0.5, 0.6) is 17.2 Å². The Hall–Kier alpha value is -3.90. The molecule has 8 nitrogen and oxygen atoms in total. The number of nitriles is 1. The van der Waals surface area contributed by atoms with Gasteiger partial charge in [-0.3, -0.25) is 10.1 Å². The van der Waals surface area contributed by atoms with Gasteiger partial charge in [-0.05, 0) is 67.7 Å². The van der Waals surface area contributed by atoms with Gasteiger partial charge in [-0.2, -0.15) is 5.26 Å². The van der Waals surface area contributed by atoms with Gasteiger partial charge in [-0.1, -0.05) is 43.4 Å². The molecule has 0 fully saturated rings. The molecular formula is C28H32N4O4S. The highest BCUT2D eigenvalue weighted by molar-refractivity contribution is 7.15. The Kier molecular flexibility index (Phi) is 10.0. The number of aryl methyl sites for hydroxylation is 2. The number of anilines is 1. The summed E-state index contributed by atoms with van der Waals surface area (Å²) in [6.07, 6.45) is 2.28. The standard InChI is InChI=1S/C28H32N4O4S/c1-6-34-25-16-21(9-10-23(25)35-11-12-36-24-14-19(4)7-8-20(24)5)15-22(17-29)27(33)30-28-32-31-26(37-28)13-18(2)3/h7-10,14-16,18H,6,11-13H2,1-5H3,(H,30,32,33)/b22-15-. The fourth-order valence-electron chi connectivity index (χ4n) is 3.38. The maximum absolute atomic E-state index is 12.7. The first kappa shape index (κ1) is 27.7. The second kappa shape index (κ2) is 13.4. The van der Waals surface area contributed by atoms with Crippen molar-refractivity contribution in [2.75, 3.05) is 25.1 Å². The van der Waals surface area contributed by atoms with Crippen molar-refractivity contribution in [2.45, 2.75) is 41.0 Å². The number of rotatable bonds is 12. The first-order chi connectivity index (χ1) is 17.8. The van der Waals surface area contributed by atoms with E-state index in [-0.39, 0.29) is 5.57 Å². The zero-order chi connectivity index (χ0) is 26.8. The molecule has 0 saturated carbocycles. The van der Waals surface area contributed by atoms with E-state index in [1.807, 2.05) is 45.0 Å². The van der Waals surface area contributed by atoms with Crippen molar-refractivity contribution in [3.63, 3.8) is 0 Å². The summed E-state index contributed by atoms with van der Waals surface area (Å²) >= 11 is 1.31. The van der Waals surface area contributed by atoms with Gasteiger partial charge in [0.05, 0.1) is 6.61 Å². The third-order valence-corrected chi connectivity index (χ3v) is 6.02. The number of aromatic nitrogens is 2. The Morgan fingerprint density at radius 1 is 1.05 bits per heavy atom. The second-order valence-electron chi connectivity index (χ2n) is 8.83. The Bertz CT molecular complexity index is 1290. The van der Waals surface area contributed by atoms with Crippen LogP contribution in [0.1, 0.15) is 42.5 Å². The van der Waals surface area contributed by atoms with E-state index in [0.717, 1.165) is 28.3 Å². The SMILES string of the molecule is CCOc1cc(/C=C(/C#N)C(=O)Nc2nnc(CC(C)C)s2)ccc1OCCOc1cc(C)ccc1C. The topological polar surface area (TPSA) is 106 Å². The molecule has 194 valence electrons. The highest BCUT2D eigenvalue weighted by atomic mass is 32.1. The molecule has 0 saturated heterocycles. The molecule has 1 aromatic heterocycles. The summed E-state index contributed by atoms with van der Waals surface area (Å²) in [5.74, 6) is 1.79. The quantitative estimate of drug-likeness (QED) is 0.184. The predicted octanol–water partition coefficient (Wildman–Crippen LogP) is 5.76. The van der Waals surface area contributed by atoms with E-state index < -0.39 is 5.91 Å². The lowest BCUT2D eigenvalue weighted by molar-refractivity contribution is -0.112. The lowest BCUT2D eigenvalue weighted by atomic mass is 10.1. The Morgan fingerprint density at radius 2 is 1.81 bits per heavy atom. The molecule has 0 atom stereocenters.